The van der Waals surface area contributed by atoms with E-state index in [0.29, 0.717) is 24.1 Å². The number of rotatable bonds is 9. The summed E-state index contributed by atoms with van der Waals surface area (Å²) < 4.78 is 1.05. The highest BCUT2D eigenvalue weighted by Crippen LogP contribution is 2.43. The smallest absolute Gasteiger partial charge is 0.225 e. The van der Waals surface area contributed by atoms with Gasteiger partial charge in [0.1, 0.15) is 22.4 Å². The lowest BCUT2D eigenvalue weighted by Gasteiger charge is -2.21. The van der Waals surface area contributed by atoms with Gasteiger partial charge in [-0.1, -0.05) is 43.7 Å². The summed E-state index contributed by atoms with van der Waals surface area (Å²) in [7, 11) is 0. The summed E-state index contributed by atoms with van der Waals surface area (Å²) in [6.45, 7) is 3.89. The van der Waals surface area contributed by atoms with E-state index in [0.717, 1.165) is 51.4 Å². The van der Waals surface area contributed by atoms with Gasteiger partial charge in [0.2, 0.25) is 5.95 Å². The molecule has 2 fully saturated rings. The van der Waals surface area contributed by atoms with Gasteiger partial charge in [0.25, 0.3) is 0 Å². The monoisotopic (exact) mass is 546 g/mol. The molecule has 0 bridgehead atoms. The second kappa shape index (κ2) is 10.8. The Morgan fingerprint density at radius 1 is 0.974 bits per heavy atom. The van der Waals surface area contributed by atoms with Crippen molar-refractivity contribution >= 4 is 33.3 Å². The molecule has 6 atom stereocenters. The first-order valence-electron chi connectivity index (χ1n) is 13.6. The minimum Gasteiger partial charge on any atom is -0.396 e. The number of aliphatic hydroxyl groups is 3. The molecule has 0 spiro atoms. The summed E-state index contributed by atoms with van der Waals surface area (Å²) in [5.41, 5.74) is 4.71. The van der Waals surface area contributed by atoms with Crippen LogP contribution < -0.4 is 10.6 Å². The van der Waals surface area contributed by atoms with Crippen LogP contribution in [-0.4, -0.2) is 66.2 Å². The molecule has 1 aromatic carbocycles. The van der Waals surface area contributed by atoms with Crippen molar-refractivity contribution in [2.75, 3.05) is 17.2 Å². The fraction of sp³-hybridized carbons (Fsp3) is 0.448. The molecule has 2 saturated carbocycles. The van der Waals surface area contributed by atoms with Crippen LogP contribution in [0.15, 0.2) is 42.6 Å². The second-order valence-electron chi connectivity index (χ2n) is 10.6. The molecule has 4 aromatic rings. The Morgan fingerprint density at radius 3 is 2.54 bits per heavy atom. The zero-order valence-electron chi connectivity index (χ0n) is 22.1. The number of nitrogens with one attached hydrogen (secondary N) is 2. The fourth-order valence-electron chi connectivity index (χ4n) is 5.65. The minimum atomic E-state index is -1.02. The summed E-state index contributed by atoms with van der Waals surface area (Å²) in [5.74, 6) is 1.09. The number of aryl methyl sites for hydroxylation is 2. The summed E-state index contributed by atoms with van der Waals surface area (Å²) in [6, 6.07) is 12.2. The van der Waals surface area contributed by atoms with E-state index in [2.05, 4.69) is 46.8 Å². The van der Waals surface area contributed by atoms with Crippen LogP contribution in [0.5, 0.6) is 0 Å². The van der Waals surface area contributed by atoms with Crippen molar-refractivity contribution < 1.29 is 15.3 Å². The van der Waals surface area contributed by atoms with Crippen LogP contribution in [0.2, 0.25) is 0 Å². The predicted molar refractivity (Wildman–Crippen MR) is 153 cm³/mol. The average Bonchev–Trinajstić information content (AvgIpc) is 3.47. The molecule has 204 valence electrons. The van der Waals surface area contributed by atoms with Crippen LogP contribution in [0.1, 0.15) is 49.1 Å². The lowest BCUT2D eigenvalue weighted by Crippen LogP contribution is -2.35. The molecule has 10 heteroatoms. The van der Waals surface area contributed by atoms with E-state index in [1.807, 2.05) is 25.3 Å². The van der Waals surface area contributed by atoms with E-state index < -0.39 is 24.2 Å². The van der Waals surface area contributed by atoms with Gasteiger partial charge in [0.05, 0.1) is 33.8 Å². The summed E-state index contributed by atoms with van der Waals surface area (Å²) >= 11 is 1.57. The van der Waals surface area contributed by atoms with Crippen LogP contribution >= 0.6 is 11.3 Å². The third-order valence-corrected chi connectivity index (χ3v) is 8.90. The van der Waals surface area contributed by atoms with Crippen LogP contribution in [0.4, 0.5) is 11.8 Å². The number of fused-ring (bicyclic) bond motifs is 1. The number of aromatic nitrogens is 4. The van der Waals surface area contributed by atoms with Crippen molar-refractivity contribution in [2.24, 2.45) is 5.92 Å². The Bertz CT molecular complexity index is 1460. The molecular formula is C29H34N6O3S. The topological polar surface area (TPSA) is 136 Å². The maximum atomic E-state index is 10.7. The number of aliphatic hydroxyl groups excluding tert-OH is 3. The fourth-order valence-corrected chi connectivity index (χ4v) is 6.73. The number of pyridine rings is 1. The van der Waals surface area contributed by atoms with Crippen molar-refractivity contribution in [3.63, 3.8) is 0 Å². The maximum Gasteiger partial charge on any atom is 0.225 e. The average molecular weight is 547 g/mol. The second-order valence-corrected chi connectivity index (χ2v) is 11.7. The van der Waals surface area contributed by atoms with Gasteiger partial charge in [-0.05, 0) is 37.8 Å². The third-order valence-electron chi connectivity index (χ3n) is 7.86. The van der Waals surface area contributed by atoms with Gasteiger partial charge in [-0.15, -0.1) is 11.3 Å². The lowest BCUT2D eigenvalue weighted by atomic mass is 10.1. The highest BCUT2D eigenvalue weighted by atomic mass is 32.1. The Morgan fingerprint density at radius 2 is 1.79 bits per heavy atom. The molecule has 6 rings (SSSR count). The van der Waals surface area contributed by atoms with E-state index in [1.54, 1.807) is 11.3 Å². The molecule has 2 aliphatic rings. The van der Waals surface area contributed by atoms with Crippen molar-refractivity contribution in [3.05, 3.63) is 59.5 Å². The van der Waals surface area contributed by atoms with Gasteiger partial charge < -0.3 is 26.0 Å². The molecule has 0 radical (unpaired) electrons. The summed E-state index contributed by atoms with van der Waals surface area (Å²) in [4.78, 5) is 19.2. The number of nitrogens with zero attached hydrogens (tertiary/aromatic N) is 4. The molecule has 0 aliphatic heterocycles. The third kappa shape index (κ3) is 5.09. The Kier molecular flexibility index (Phi) is 7.20. The van der Waals surface area contributed by atoms with Crippen molar-refractivity contribution in [1.29, 1.82) is 0 Å². The SMILES string of the molecule is CCCc1nccc2sc(-c3c(C)nc(N[C@@H]4C[C@H]4c4ccccc4)nc3N[C@@H]3C[C@H](CO)[C@@H](O)[C@H]3O)nc12. The number of benzene rings is 1. The van der Waals surface area contributed by atoms with Crippen molar-refractivity contribution in [2.45, 2.75) is 69.7 Å². The van der Waals surface area contributed by atoms with Gasteiger partial charge >= 0.3 is 0 Å². The first-order chi connectivity index (χ1) is 19.0. The zero-order valence-corrected chi connectivity index (χ0v) is 22.9. The van der Waals surface area contributed by atoms with Gasteiger partial charge in [0.15, 0.2) is 0 Å². The molecule has 9 nitrogen and oxygen atoms in total. The molecule has 5 N–H and O–H groups in total. The molecule has 3 aromatic heterocycles. The maximum absolute atomic E-state index is 10.7. The molecule has 39 heavy (non-hydrogen) atoms. The Labute approximate surface area is 231 Å². The number of thiazole rings is 1. The molecule has 2 aliphatic carbocycles. The zero-order chi connectivity index (χ0) is 27.1. The standard InChI is InChI=1S/C29H34N6O3S/c1-3-7-19-24-22(10-11-30-19)39-28(34-24)23-15(2)31-29(33-20-13-18(20)16-8-5-4-6-9-16)35-27(23)32-21-12-17(14-36)25(37)26(21)38/h4-6,8-11,17-18,20-21,25-26,36-38H,3,7,12-14H2,1-2H3,(H2,31,32,33,35)/t17-,18+,20-,21-,25-,26+/m1/s1. The van der Waals surface area contributed by atoms with Crippen molar-refractivity contribution in [3.8, 4) is 10.6 Å². The lowest BCUT2D eigenvalue weighted by molar-refractivity contribution is 0.00446. The predicted octanol–water partition coefficient (Wildman–Crippen LogP) is 3.89. The quantitative estimate of drug-likeness (QED) is 0.212. The summed E-state index contributed by atoms with van der Waals surface area (Å²) in [6.07, 6.45) is 3.06. The van der Waals surface area contributed by atoms with Crippen molar-refractivity contribution in [1.82, 2.24) is 19.9 Å². The molecule has 0 unspecified atom stereocenters. The van der Waals surface area contributed by atoms with E-state index in [1.165, 1.54) is 5.56 Å². The van der Waals surface area contributed by atoms with Crippen LogP contribution in [0.25, 0.3) is 20.8 Å². The number of anilines is 2. The van der Waals surface area contributed by atoms with Crippen LogP contribution in [0.3, 0.4) is 0 Å². The highest BCUT2D eigenvalue weighted by molar-refractivity contribution is 7.21. The van der Waals surface area contributed by atoms with E-state index >= 15 is 0 Å². The largest absolute Gasteiger partial charge is 0.396 e. The van der Waals surface area contributed by atoms with Gasteiger partial charge in [-0.25, -0.2) is 9.97 Å². The van der Waals surface area contributed by atoms with Crippen LogP contribution in [0, 0.1) is 12.8 Å². The van der Waals surface area contributed by atoms with Gasteiger partial charge in [0, 0.05) is 30.7 Å². The molecule has 0 amide bonds. The molecule has 0 saturated heterocycles. The Balaban J connectivity index is 1.36. The van der Waals surface area contributed by atoms with E-state index in [-0.39, 0.29) is 12.6 Å². The number of hydrogen-bond donors (Lipinski definition) is 5. The first-order valence-corrected chi connectivity index (χ1v) is 14.5. The molecular weight excluding hydrogens is 512 g/mol. The normalized spacial score (nSPS) is 26.2. The molecule has 3 heterocycles. The van der Waals surface area contributed by atoms with Gasteiger partial charge in [-0.2, -0.15) is 4.98 Å². The first kappa shape index (κ1) is 26.1. The Hall–Kier alpha value is -3.18. The van der Waals surface area contributed by atoms with Crippen LogP contribution in [-0.2, 0) is 6.42 Å². The van der Waals surface area contributed by atoms with E-state index in [4.69, 9.17) is 15.0 Å². The highest BCUT2D eigenvalue weighted by Gasteiger charge is 2.42. The van der Waals surface area contributed by atoms with E-state index in [9.17, 15) is 15.3 Å². The van der Waals surface area contributed by atoms with Gasteiger partial charge in [-0.3, -0.25) is 4.98 Å². The summed E-state index contributed by atoms with van der Waals surface area (Å²) in [5, 5.41) is 38.5. The number of hydrogen-bond acceptors (Lipinski definition) is 10. The minimum absolute atomic E-state index is 0.188.